The quantitative estimate of drug-likeness (QED) is 0.689. The van der Waals surface area contributed by atoms with Crippen molar-refractivity contribution in [3.05, 3.63) is 29.8 Å². The van der Waals surface area contributed by atoms with Gasteiger partial charge in [-0.1, -0.05) is 12.1 Å². The molecule has 2 aliphatic rings. The minimum absolute atomic E-state index is 0.0178. The lowest BCUT2D eigenvalue weighted by Gasteiger charge is -2.15. The minimum atomic E-state index is -0.0431. The van der Waals surface area contributed by atoms with Crippen molar-refractivity contribution in [1.29, 1.82) is 0 Å². The van der Waals surface area contributed by atoms with Crippen molar-refractivity contribution in [2.75, 3.05) is 18.4 Å². The summed E-state index contributed by atoms with van der Waals surface area (Å²) in [7, 11) is 0. The van der Waals surface area contributed by atoms with Crippen LogP contribution in [0.4, 0.5) is 5.69 Å². The predicted octanol–water partition coefficient (Wildman–Crippen LogP) is 2.21. The van der Waals surface area contributed by atoms with Crippen LogP contribution in [-0.2, 0) is 9.59 Å². The van der Waals surface area contributed by atoms with Crippen LogP contribution < -0.4 is 16.0 Å². The van der Waals surface area contributed by atoms with Gasteiger partial charge in [0.05, 0.1) is 12.6 Å². The van der Waals surface area contributed by atoms with Crippen LogP contribution in [0.3, 0.4) is 0 Å². The lowest BCUT2D eigenvalue weighted by molar-refractivity contribution is -0.121. The van der Waals surface area contributed by atoms with Crippen molar-refractivity contribution < 1.29 is 9.59 Å². The van der Waals surface area contributed by atoms with Crippen LogP contribution in [0.1, 0.15) is 44.2 Å². The van der Waals surface area contributed by atoms with E-state index >= 15 is 0 Å². The number of carbonyl (C=O) groups is 2. The maximum absolute atomic E-state index is 11.9. The third-order valence-corrected chi connectivity index (χ3v) is 4.42. The average molecular weight is 315 g/mol. The standard InChI is InChI=1S/C18H25N3O2/c1-12(20-17(22)11-19-10-13-2-3-13)14-6-8-16(9-7-14)21-18(23)15-4-5-15/h6-9,12-13,15,19H,2-5,10-11H2,1H3,(H,20,22)(H,21,23). The summed E-state index contributed by atoms with van der Waals surface area (Å²) in [5, 5.41) is 9.10. The van der Waals surface area contributed by atoms with E-state index in [9.17, 15) is 9.59 Å². The molecule has 1 aromatic carbocycles. The van der Waals surface area contributed by atoms with Crippen LogP contribution in [0.15, 0.2) is 24.3 Å². The van der Waals surface area contributed by atoms with E-state index in [1.807, 2.05) is 31.2 Å². The molecular formula is C18H25N3O2. The summed E-state index contributed by atoms with van der Waals surface area (Å²) in [5.74, 6) is 1.11. The number of benzene rings is 1. The van der Waals surface area contributed by atoms with E-state index in [1.54, 1.807) is 0 Å². The van der Waals surface area contributed by atoms with Gasteiger partial charge in [-0.25, -0.2) is 0 Å². The highest BCUT2D eigenvalue weighted by Gasteiger charge is 2.29. The van der Waals surface area contributed by atoms with E-state index in [1.165, 1.54) is 12.8 Å². The molecular weight excluding hydrogens is 290 g/mol. The Morgan fingerprint density at radius 1 is 1.13 bits per heavy atom. The van der Waals surface area contributed by atoms with Gasteiger partial charge < -0.3 is 16.0 Å². The van der Waals surface area contributed by atoms with Gasteiger partial charge in [0.25, 0.3) is 0 Å². The third kappa shape index (κ3) is 5.06. The first kappa shape index (κ1) is 16.0. The molecule has 1 atom stereocenters. The van der Waals surface area contributed by atoms with Gasteiger partial charge in [0.2, 0.25) is 11.8 Å². The van der Waals surface area contributed by atoms with Crippen LogP contribution in [0.5, 0.6) is 0 Å². The van der Waals surface area contributed by atoms with E-state index in [-0.39, 0.29) is 23.8 Å². The fourth-order valence-corrected chi connectivity index (χ4v) is 2.53. The molecule has 2 aliphatic carbocycles. The Morgan fingerprint density at radius 3 is 2.43 bits per heavy atom. The maximum atomic E-state index is 11.9. The lowest BCUT2D eigenvalue weighted by atomic mass is 10.1. The summed E-state index contributed by atoms with van der Waals surface area (Å²) in [6.07, 6.45) is 4.58. The first-order chi connectivity index (χ1) is 11.1. The zero-order valence-corrected chi connectivity index (χ0v) is 13.6. The SMILES string of the molecule is CC(NC(=O)CNCC1CC1)c1ccc(NC(=O)C2CC2)cc1. The molecule has 0 spiro atoms. The Hall–Kier alpha value is -1.88. The van der Waals surface area contributed by atoms with Crippen LogP contribution in [0.25, 0.3) is 0 Å². The Kier molecular flexibility index (Phi) is 4.96. The third-order valence-electron chi connectivity index (χ3n) is 4.42. The smallest absolute Gasteiger partial charge is 0.234 e. The molecule has 2 fully saturated rings. The normalized spacial score (nSPS) is 18.3. The van der Waals surface area contributed by atoms with Crippen LogP contribution in [0, 0.1) is 11.8 Å². The number of hydrogen-bond acceptors (Lipinski definition) is 3. The molecule has 0 radical (unpaired) electrons. The molecule has 0 bridgehead atoms. The fourth-order valence-electron chi connectivity index (χ4n) is 2.53. The molecule has 2 amide bonds. The number of amides is 2. The van der Waals surface area contributed by atoms with Crippen molar-refractivity contribution in [2.24, 2.45) is 11.8 Å². The molecule has 1 unspecified atom stereocenters. The van der Waals surface area contributed by atoms with E-state index < -0.39 is 0 Å². The largest absolute Gasteiger partial charge is 0.348 e. The summed E-state index contributed by atoms with van der Waals surface area (Å²) in [6.45, 7) is 3.28. The van der Waals surface area contributed by atoms with Gasteiger partial charge in [-0.15, -0.1) is 0 Å². The molecule has 3 rings (SSSR count). The minimum Gasteiger partial charge on any atom is -0.348 e. The molecule has 1 aromatic rings. The van der Waals surface area contributed by atoms with E-state index in [2.05, 4.69) is 16.0 Å². The second-order valence-electron chi connectivity index (χ2n) is 6.75. The number of carbonyl (C=O) groups excluding carboxylic acids is 2. The number of nitrogens with one attached hydrogen (secondary N) is 3. The Balaban J connectivity index is 1.43. The number of hydrogen-bond donors (Lipinski definition) is 3. The second kappa shape index (κ2) is 7.13. The number of anilines is 1. The summed E-state index contributed by atoms with van der Waals surface area (Å²) in [5.41, 5.74) is 1.85. The van der Waals surface area contributed by atoms with E-state index in [0.29, 0.717) is 6.54 Å². The van der Waals surface area contributed by atoms with E-state index in [0.717, 1.165) is 36.6 Å². The summed E-state index contributed by atoms with van der Waals surface area (Å²) < 4.78 is 0. The monoisotopic (exact) mass is 315 g/mol. The number of rotatable bonds is 8. The molecule has 2 saturated carbocycles. The molecule has 124 valence electrons. The molecule has 0 aliphatic heterocycles. The van der Waals surface area contributed by atoms with Gasteiger partial charge in [0, 0.05) is 11.6 Å². The highest BCUT2D eigenvalue weighted by Crippen LogP contribution is 2.30. The van der Waals surface area contributed by atoms with Crippen LogP contribution >= 0.6 is 0 Å². The predicted molar refractivity (Wildman–Crippen MR) is 89.9 cm³/mol. The van der Waals surface area contributed by atoms with Gasteiger partial charge in [-0.2, -0.15) is 0 Å². The maximum Gasteiger partial charge on any atom is 0.234 e. The topological polar surface area (TPSA) is 70.2 Å². The van der Waals surface area contributed by atoms with Gasteiger partial charge in [0.15, 0.2) is 0 Å². The zero-order chi connectivity index (χ0) is 16.2. The Bertz CT molecular complexity index is 562. The molecule has 0 saturated heterocycles. The van der Waals surface area contributed by atoms with Crippen molar-refractivity contribution in [2.45, 2.75) is 38.6 Å². The van der Waals surface area contributed by atoms with Crippen molar-refractivity contribution in [1.82, 2.24) is 10.6 Å². The Labute approximate surface area is 137 Å². The first-order valence-corrected chi connectivity index (χ1v) is 8.52. The van der Waals surface area contributed by atoms with Crippen molar-refractivity contribution in [3.63, 3.8) is 0 Å². The molecule has 5 nitrogen and oxygen atoms in total. The zero-order valence-electron chi connectivity index (χ0n) is 13.6. The summed E-state index contributed by atoms with van der Waals surface area (Å²) >= 11 is 0. The molecule has 3 N–H and O–H groups in total. The first-order valence-electron chi connectivity index (χ1n) is 8.52. The van der Waals surface area contributed by atoms with Crippen molar-refractivity contribution >= 4 is 17.5 Å². The fraction of sp³-hybridized carbons (Fsp3) is 0.556. The van der Waals surface area contributed by atoms with Gasteiger partial charge in [-0.3, -0.25) is 9.59 Å². The highest BCUT2D eigenvalue weighted by atomic mass is 16.2. The van der Waals surface area contributed by atoms with Crippen molar-refractivity contribution in [3.8, 4) is 0 Å². The average Bonchev–Trinajstić information content (AvgIpc) is 3.40. The van der Waals surface area contributed by atoms with E-state index in [4.69, 9.17) is 0 Å². The Morgan fingerprint density at radius 2 is 1.83 bits per heavy atom. The molecule has 0 heterocycles. The van der Waals surface area contributed by atoms with Gasteiger partial charge >= 0.3 is 0 Å². The molecule has 0 aromatic heterocycles. The molecule has 5 heteroatoms. The van der Waals surface area contributed by atoms with Gasteiger partial charge in [-0.05, 0) is 62.8 Å². The van der Waals surface area contributed by atoms with Crippen LogP contribution in [0.2, 0.25) is 0 Å². The molecule has 23 heavy (non-hydrogen) atoms. The van der Waals surface area contributed by atoms with Crippen LogP contribution in [-0.4, -0.2) is 24.9 Å². The summed E-state index contributed by atoms with van der Waals surface area (Å²) in [6, 6.07) is 7.64. The second-order valence-corrected chi connectivity index (χ2v) is 6.75. The highest BCUT2D eigenvalue weighted by molar-refractivity contribution is 5.94. The summed E-state index contributed by atoms with van der Waals surface area (Å²) in [4.78, 5) is 23.6. The van der Waals surface area contributed by atoms with Gasteiger partial charge in [0.1, 0.15) is 0 Å². The lowest BCUT2D eigenvalue weighted by Crippen LogP contribution is -2.36.